The highest BCUT2D eigenvalue weighted by Gasteiger charge is 2.03. The van der Waals surface area contributed by atoms with Crippen molar-refractivity contribution in [3.8, 4) is 5.75 Å². The van der Waals surface area contributed by atoms with E-state index in [-0.39, 0.29) is 18.0 Å². The van der Waals surface area contributed by atoms with E-state index in [2.05, 4.69) is 9.98 Å². The first-order chi connectivity index (χ1) is 8.38. The number of hydrogen-bond donors (Lipinski definition) is 3. The minimum Gasteiger partial charge on any atom is -0.491 e. The molecule has 0 heterocycles. The summed E-state index contributed by atoms with van der Waals surface area (Å²) >= 11 is 0. The van der Waals surface area contributed by atoms with Crippen LogP contribution in [0, 0.1) is 6.92 Å². The van der Waals surface area contributed by atoms with Crippen LogP contribution in [0.25, 0.3) is 0 Å². The van der Waals surface area contributed by atoms with Crippen LogP contribution in [0.5, 0.6) is 5.75 Å². The topological polar surface area (TPSA) is 112 Å². The Morgan fingerprint density at radius 3 is 2.44 bits per heavy atom. The Balaban J connectivity index is 3.04. The Morgan fingerprint density at radius 2 is 1.89 bits per heavy atom. The van der Waals surface area contributed by atoms with Crippen molar-refractivity contribution in [3.05, 3.63) is 23.8 Å². The monoisotopic (exact) mass is 249 g/mol. The van der Waals surface area contributed by atoms with E-state index in [1.165, 1.54) is 0 Å². The zero-order valence-corrected chi connectivity index (χ0v) is 10.8. The van der Waals surface area contributed by atoms with E-state index in [1.54, 1.807) is 6.07 Å². The van der Waals surface area contributed by atoms with Crippen molar-refractivity contribution < 1.29 is 4.74 Å². The molecule has 0 saturated heterocycles. The van der Waals surface area contributed by atoms with Crippen molar-refractivity contribution in [3.63, 3.8) is 0 Å². The summed E-state index contributed by atoms with van der Waals surface area (Å²) in [4.78, 5) is 7.80. The van der Waals surface area contributed by atoms with Gasteiger partial charge in [-0.15, -0.1) is 0 Å². The molecule has 0 fully saturated rings. The molecular weight excluding hydrogens is 230 g/mol. The summed E-state index contributed by atoms with van der Waals surface area (Å²) in [6.07, 6.45) is 0.0968. The highest BCUT2D eigenvalue weighted by Crippen LogP contribution is 2.25. The Hall–Kier alpha value is -2.24. The SMILES string of the molecule is Cc1ccc(OC(C)C)cc1N=C(N)N=C(N)N. The summed E-state index contributed by atoms with van der Waals surface area (Å²) in [5.74, 6) is 0.620. The molecule has 18 heavy (non-hydrogen) atoms. The smallest absolute Gasteiger partial charge is 0.223 e. The van der Waals surface area contributed by atoms with Crippen LogP contribution in [-0.4, -0.2) is 18.0 Å². The van der Waals surface area contributed by atoms with Gasteiger partial charge in [0, 0.05) is 6.07 Å². The van der Waals surface area contributed by atoms with Crippen LogP contribution in [-0.2, 0) is 0 Å². The zero-order valence-electron chi connectivity index (χ0n) is 10.8. The standard InChI is InChI=1S/C12H19N5O/c1-7(2)18-9-5-4-8(3)10(6-9)16-12(15)17-11(13)14/h4-7H,1-3H3,(H6,13,14,15,16,17). The fraction of sp³-hybridized carbons (Fsp3) is 0.333. The fourth-order valence-corrected chi connectivity index (χ4v) is 1.34. The van der Waals surface area contributed by atoms with Gasteiger partial charge in [-0.05, 0) is 32.4 Å². The third-order valence-electron chi connectivity index (χ3n) is 2.03. The van der Waals surface area contributed by atoms with Crippen LogP contribution in [0.15, 0.2) is 28.2 Å². The number of aliphatic imine (C=N–C) groups is 2. The summed E-state index contributed by atoms with van der Waals surface area (Å²) in [5, 5.41) is 0. The maximum absolute atomic E-state index is 5.59. The van der Waals surface area contributed by atoms with Crippen LogP contribution < -0.4 is 21.9 Å². The number of rotatable bonds is 3. The molecule has 0 aliphatic rings. The van der Waals surface area contributed by atoms with Gasteiger partial charge in [0.15, 0.2) is 5.96 Å². The van der Waals surface area contributed by atoms with Crippen molar-refractivity contribution in [1.82, 2.24) is 0 Å². The third kappa shape index (κ3) is 4.32. The Bertz CT molecular complexity index is 475. The number of ether oxygens (including phenoxy) is 1. The van der Waals surface area contributed by atoms with Crippen LogP contribution in [0.3, 0.4) is 0 Å². The lowest BCUT2D eigenvalue weighted by molar-refractivity contribution is 0.242. The van der Waals surface area contributed by atoms with Gasteiger partial charge in [-0.1, -0.05) is 6.07 Å². The molecule has 1 aromatic rings. The van der Waals surface area contributed by atoms with Gasteiger partial charge >= 0.3 is 0 Å². The molecule has 0 unspecified atom stereocenters. The second-order valence-electron chi connectivity index (χ2n) is 4.12. The highest BCUT2D eigenvalue weighted by molar-refractivity contribution is 5.93. The van der Waals surface area contributed by atoms with E-state index < -0.39 is 0 Å². The average molecular weight is 249 g/mol. The lowest BCUT2D eigenvalue weighted by atomic mass is 10.2. The number of aryl methyl sites for hydroxylation is 1. The van der Waals surface area contributed by atoms with Gasteiger partial charge in [-0.2, -0.15) is 4.99 Å². The number of hydrogen-bond acceptors (Lipinski definition) is 2. The van der Waals surface area contributed by atoms with Gasteiger partial charge in [0.2, 0.25) is 5.96 Å². The molecule has 1 rings (SSSR count). The van der Waals surface area contributed by atoms with Crippen molar-refractivity contribution in [2.45, 2.75) is 26.9 Å². The number of guanidine groups is 2. The first-order valence-electron chi connectivity index (χ1n) is 5.59. The molecule has 0 amide bonds. The van der Waals surface area contributed by atoms with Gasteiger partial charge in [0.05, 0.1) is 11.8 Å². The summed E-state index contributed by atoms with van der Waals surface area (Å²) in [6, 6.07) is 5.58. The van der Waals surface area contributed by atoms with Crippen LogP contribution in [0.1, 0.15) is 19.4 Å². The Morgan fingerprint density at radius 1 is 1.22 bits per heavy atom. The second-order valence-corrected chi connectivity index (χ2v) is 4.12. The Kier molecular flexibility index (Phi) is 4.53. The zero-order chi connectivity index (χ0) is 13.7. The summed E-state index contributed by atoms with van der Waals surface area (Å²) in [6.45, 7) is 5.83. The van der Waals surface area contributed by atoms with Crippen LogP contribution in [0.2, 0.25) is 0 Å². The molecule has 0 saturated carbocycles. The molecule has 0 aromatic heterocycles. The maximum atomic E-state index is 5.59. The quantitative estimate of drug-likeness (QED) is 0.548. The number of nitrogens with zero attached hydrogens (tertiary/aromatic N) is 2. The molecule has 6 nitrogen and oxygen atoms in total. The maximum Gasteiger partial charge on any atom is 0.223 e. The summed E-state index contributed by atoms with van der Waals surface area (Å²) in [7, 11) is 0. The van der Waals surface area contributed by atoms with Crippen molar-refractivity contribution >= 4 is 17.6 Å². The fourth-order valence-electron chi connectivity index (χ4n) is 1.34. The number of nitrogens with two attached hydrogens (primary N) is 3. The van der Waals surface area contributed by atoms with Crippen LogP contribution in [0.4, 0.5) is 5.69 Å². The van der Waals surface area contributed by atoms with Crippen molar-refractivity contribution in [2.75, 3.05) is 0 Å². The predicted molar refractivity (Wildman–Crippen MR) is 74.0 cm³/mol. The van der Waals surface area contributed by atoms with Crippen molar-refractivity contribution in [1.29, 1.82) is 0 Å². The highest BCUT2D eigenvalue weighted by atomic mass is 16.5. The second kappa shape index (κ2) is 5.90. The molecule has 0 bridgehead atoms. The van der Waals surface area contributed by atoms with Gasteiger partial charge in [-0.3, -0.25) is 0 Å². The minimum atomic E-state index is -0.122. The largest absolute Gasteiger partial charge is 0.491 e. The average Bonchev–Trinajstić information content (AvgIpc) is 2.21. The molecule has 6 heteroatoms. The summed E-state index contributed by atoms with van der Waals surface area (Å²) < 4.78 is 5.58. The van der Waals surface area contributed by atoms with E-state index in [4.69, 9.17) is 21.9 Å². The van der Waals surface area contributed by atoms with Gasteiger partial charge < -0.3 is 21.9 Å². The van der Waals surface area contributed by atoms with Gasteiger partial charge in [0.25, 0.3) is 0 Å². The van der Waals surface area contributed by atoms with Gasteiger partial charge in [-0.25, -0.2) is 4.99 Å². The normalized spacial score (nSPS) is 11.4. The predicted octanol–water partition coefficient (Wildman–Crippen LogP) is 1.00. The molecule has 6 N–H and O–H groups in total. The van der Waals surface area contributed by atoms with Gasteiger partial charge in [0.1, 0.15) is 5.75 Å². The summed E-state index contributed by atoms with van der Waals surface area (Å²) in [5.41, 5.74) is 17.7. The van der Waals surface area contributed by atoms with E-state index in [0.717, 1.165) is 11.3 Å². The number of benzene rings is 1. The van der Waals surface area contributed by atoms with Crippen molar-refractivity contribution in [2.24, 2.45) is 27.2 Å². The molecule has 0 spiro atoms. The third-order valence-corrected chi connectivity index (χ3v) is 2.03. The minimum absolute atomic E-state index is 0.0137. The molecule has 0 aliphatic carbocycles. The van der Waals surface area contributed by atoms with Crippen LogP contribution >= 0.6 is 0 Å². The Labute approximate surface area is 107 Å². The van der Waals surface area contributed by atoms with E-state index in [9.17, 15) is 0 Å². The van der Waals surface area contributed by atoms with E-state index in [1.807, 2.05) is 32.9 Å². The molecule has 0 radical (unpaired) electrons. The lowest BCUT2D eigenvalue weighted by Crippen LogP contribution is -2.26. The molecular formula is C12H19N5O. The molecule has 0 aliphatic heterocycles. The molecule has 1 aromatic carbocycles. The first kappa shape index (κ1) is 13.8. The van der Waals surface area contributed by atoms with E-state index >= 15 is 0 Å². The van der Waals surface area contributed by atoms with E-state index in [0.29, 0.717) is 5.69 Å². The molecule has 0 atom stereocenters. The molecule has 98 valence electrons. The lowest BCUT2D eigenvalue weighted by Gasteiger charge is -2.11. The first-order valence-corrected chi connectivity index (χ1v) is 5.59.